The van der Waals surface area contributed by atoms with E-state index in [1.165, 1.54) is 4.57 Å². The first-order valence-electron chi connectivity index (χ1n) is 4.88. The second kappa shape index (κ2) is 4.79. The van der Waals surface area contributed by atoms with Crippen molar-refractivity contribution in [1.29, 1.82) is 0 Å². The van der Waals surface area contributed by atoms with Gasteiger partial charge < -0.3 is 9.30 Å². The van der Waals surface area contributed by atoms with Gasteiger partial charge in [-0.25, -0.2) is 4.79 Å². The molecule has 0 fully saturated rings. The number of aryl methyl sites for hydroxylation is 2. The third kappa shape index (κ3) is 2.34. The summed E-state index contributed by atoms with van der Waals surface area (Å²) in [5.74, 6) is 0.484. The monoisotopic (exact) mass is 196 g/mol. The van der Waals surface area contributed by atoms with E-state index in [-0.39, 0.29) is 5.69 Å². The number of aromatic nitrogens is 2. The second-order valence-electron chi connectivity index (χ2n) is 3.15. The van der Waals surface area contributed by atoms with Gasteiger partial charge >= 0.3 is 5.69 Å². The molecule has 0 radical (unpaired) electrons. The number of nitrogens with zero attached hydrogens (tertiary/aromatic N) is 2. The predicted molar refractivity (Wildman–Crippen MR) is 54.6 cm³/mol. The van der Waals surface area contributed by atoms with Gasteiger partial charge in [0.25, 0.3) is 0 Å². The first-order valence-corrected chi connectivity index (χ1v) is 4.88. The predicted octanol–water partition coefficient (Wildman–Crippen LogP) is 1.13. The molecule has 0 aliphatic rings. The van der Waals surface area contributed by atoms with Crippen LogP contribution in [0.25, 0.3) is 0 Å². The first kappa shape index (κ1) is 10.8. The van der Waals surface area contributed by atoms with Crippen LogP contribution in [0.2, 0.25) is 0 Å². The summed E-state index contributed by atoms with van der Waals surface area (Å²) < 4.78 is 6.78. The summed E-state index contributed by atoms with van der Waals surface area (Å²) in [5.41, 5.74) is 0.727. The van der Waals surface area contributed by atoms with Gasteiger partial charge in [-0.15, -0.1) is 0 Å². The lowest BCUT2D eigenvalue weighted by Gasteiger charge is -2.08. The fraction of sp³-hybridized carbons (Fsp3) is 0.600. The van der Waals surface area contributed by atoms with Gasteiger partial charge in [0.1, 0.15) is 0 Å². The van der Waals surface area contributed by atoms with Gasteiger partial charge in [-0.05, 0) is 13.3 Å². The maximum absolute atomic E-state index is 11.2. The Morgan fingerprint density at radius 1 is 1.50 bits per heavy atom. The second-order valence-corrected chi connectivity index (χ2v) is 3.15. The molecule has 1 rings (SSSR count). The van der Waals surface area contributed by atoms with E-state index in [9.17, 15) is 4.79 Å². The van der Waals surface area contributed by atoms with Crippen molar-refractivity contribution in [1.82, 2.24) is 9.55 Å². The van der Waals surface area contributed by atoms with E-state index in [0.29, 0.717) is 12.5 Å². The van der Waals surface area contributed by atoms with E-state index < -0.39 is 0 Å². The molecular weight excluding hydrogens is 180 g/mol. The molecule has 78 valence electrons. The zero-order valence-corrected chi connectivity index (χ0v) is 8.91. The van der Waals surface area contributed by atoms with Crippen LogP contribution in [-0.2, 0) is 13.5 Å². The van der Waals surface area contributed by atoms with Crippen LogP contribution in [0.4, 0.5) is 0 Å². The summed E-state index contributed by atoms with van der Waals surface area (Å²) in [6.07, 6.45) is 3.69. The van der Waals surface area contributed by atoms with Gasteiger partial charge in [0.2, 0.25) is 5.88 Å². The fourth-order valence-electron chi connectivity index (χ4n) is 1.28. The molecule has 0 aromatic carbocycles. The highest BCUT2D eigenvalue weighted by molar-refractivity contribution is 5.22. The molecule has 0 saturated heterocycles. The van der Waals surface area contributed by atoms with Gasteiger partial charge in [-0.3, -0.25) is 0 Å². The standard InChI is InChI=1S/C10H16N2O2/c1-4-6-8-7-12(3)10(13)11-9(8)14-5-2/h7H,4-6H2,1-3H3. The molecule has 0 atom stereocenters. The summed E-state index contributed by atoms with van der Waals surface area (Å²) in [7, 11) is 1.70. The summed E-state index contributed by atoms with van der Waals surface area (Å²) in [6, 6.07) is 0. The minimum absolute atomic E-state index is 0.270. The molecule has 0 saturated carbocycles. The highest BCUT2D eigenvalue weighted by Crippen LogP contribution is 2.13. The van der Waals surface area contributed by atoms with E-state index in [1.54, 1.807) is 13.2 Å². The van der Waals surface area contributed by atoms with Gasteiger partial charge in [0.15, 0.2) is 0 Å². The van der Waals surface area contributed by atoms with Crippen molar-refractivity contribution >= 4 is 0 Å². The molecule has 0 bridgehead atoms. The lowest BCUT2D eigenvalue weighted by molar-refractivity contribution is 0.319. The molecule has 4 nitrogen and oxygen atoms in total. The van der Waals surface area contributed by atoms with Crippen LogP contribution >= 0.6 is 0 Å². The Morgan fingerprint density at radius 3 is 2.79 bits per heavy atom. The van der Waals surface area contributed by atoms with E-state index in [1.807, 2.05) is 6.92 Å². The van der Waals surface area contributed by atoms with Gasteiger partial charge in [0, 0.05) is 18.8 Å². The smallest absolute Gasteiger partial charge is 0.350 e. The lowest BCUT2D eigenvalue weighted by atomic mass is 10.2. The molecular formula is C10H16N2O2. The molecule has 0 aliphatic carbocycles. The van der Waals surface area contributed by atoms with Crippen molar-refractivity contribution in [2.45, 2.75) is 26.7 Å². The Labute approximate surface area is 83.5 Å². The minimum atomic E-state index is -0.270. The topological polar surface area (TPSA) is 44.1 Å². The van der Waals surface area contributed by atoms with Crippen molar-refractivity contribution in [3.8, 4) is 5.88 Å². The normalized spacial score (nSPS) is 10.2. The molecule has 0 amide bonds. The Morgan fingerprint density at radius 2 is 2.21 bits per heavy atom. The molecule has 0 spiro atoms. The van der Waals surface area contributed by atoms with Gasteiger partial charge in [-0.1, -0.05) is 13.3 Å². The zero-order valence-electron chi connectivity index (χ0n) is 8.91. The summed E-state index contributed by atoms with van der Waals surface area (Å²) in [4.78, 5) is 15.1. The largest absolute Gasteiger partial charge is 0.478 e. The van der Waals surface area contributed by atoms with Crippen LogP contribution in [0.3, 0.4) is 0 Å². The fourth-order valence-corrected chi connectivity index (χ4v) is 1.28. The lowest BCUT2D eigenvalue weighted by Crippen LogP contribution is -2.21. The van der Waals surface area contributed by atoms with E-state index in [4.69, 9.17) is 4.74 Å². The highest BCUT2D eigenvalue weighted by Gasteiger charge is 2.06. The molecule has 0 N–H and O–H groups in total. The molecule has 1 aromatic rings. The molecule has 1 heterocycles. The molecule has 1 aromatic heterocycles. The molecule has 14 heavy (non-hydrogen) atoms. The van der Waals surface area contributed by atoms with Crippen molar-refractivity contribution in [3.63, 3.8) is 0 Å². The quantitative estimate of drug-likeness (QED) is 0.725. The van der Waals surface area contributed by atoms with Crippen molar-refractivity contribution in [2.24, 2.45) is 7.05 Å². The third-order valence-electron chi connectivity index (χ3n) is 1.92. The number of hydrogen-bond donors (Lipinski definition) is 0. The number of hydrogen-bond acceptors (Lipinski definition) is 3. The SMILES string of the molecule is CCCc1cn(C)c(=O)nc1OCC. The maximum atomic E-state index is 11.2. The molecule has 4 heteroatoms. The Hall–Kier alpha value is -1.32. The van der Waals surface area contributed by atoms with Crippen molar-refractivity contribution < 1.29 is 4.74 Å². The van der Waals surface area contributed by atoms with Crippen LogP contribution in [0.5, 0.6) is 5.88 Å². The van der Waals surface area contributed by atoms with Crippen LogP contribution in [0.15, 0.2) is 11.0 Å². The Balaban J connectivity index is 3.10. The highest BCUT2D eigenvalue weighted by atomic mass is 16.5. The van der Waals surface area contributed by atoms with Gasteiger partial charge in [-0.2, -0.15) is 4.98 Å². The van der Waals surface area contributed by atoms with E-state index >= 15 is 0 Å². The third-order valence-corrected chi connectivity index (χ3v) is 1.92. The van der Waals surface area contributed by atoms with E-state index in [0.717, 1.165) is 18.4 Å². The van der Waals surface area contributed by atoms with Crippen LogP contribution in [-0.4, -0.2) is 16.2 Å². The number of ether oxygens (including phenoxy) is 1. The van der Waals surface area contributed by atoms with Crippen LogP contribution in [0.1, 0.15) is 25.8 Å². The summed E-state index contributed by atoms with van der Waals surface area (Å²) in [6.45, 7) is 4.51. The average Bonchev–Trinajstić information content (AvgIpc) is 2.14. The summed E-state index contributed by atoms with van der Waals surface area (Å²) >= 11 is 0. The van der Waals surface area contributed by atoms with Gasteiger partial charge in [0.05, 0.1) is 6.61 Å². The molecule has 0 unspecified atom stereocenters. The maximum Gasteiger partial charge on any atom is 0.350 e. The Bertz CT molecular complexity index is 358. The average molecular weight is 196 g/mol. The number of rotatable bonds is 4. The Kier molecular flexibility index (Phi) is 3.68. The van der Waals surface area contributed by atoms with Crippen LogP contribution in [0, 0.1) is 0 Å². The van der Waals surface area contributed by atoms with Crippen molar-refractivity contribution in [3.05, 3.63) is 22.2 Å². The minimum Gasteiger partial charge on any atom is -0.478 e. The van der Waals surface area contributed by atoms with Crippen molar-refractivity contribution in [2.75, 3.05) is 6.61 Å². The molecule has 0 aliphatic heterocycles. The summed E-state index contributed by atoms with van der Waals surface area (Å²) in [5, 5.41) is 0. The van der Waals surface area contributed by atoms with E-state index in [2.05, 4.69) is 11.9 Å². The zero-order chi connectivity index (χ0) is 10.6. The first-order chi connectivity index (χ1) is 6.69. The van der Waals surface area contributed by atoms with Crippen LogP contribution < -0.4 is 10.4 Å².